The fourth-order valence-electron chi connectivity index (χ4n) is 3.47. The van der Waals surface area contributed by atoms with Gasteiger partial charge in [0.25, 0.3) is 0 Å². The van der Waals surface area contributed by atoms with Gasteiger partial charge in [0, 0.05) is 44.4 Å². The minimum atomic E-state index is -3.41. The maximum atomic E-state index is 12.3. The summed E-state index contributed by atoms with van der Waals surface area (Å²) in [6, 6.07) is 17.6. The summed E-state index contributed by atoms with van der Waals surface area (Å²) in [6.45, 7) is 2.30. The summed E-state index contributed by atoms with van der Waals surface area (Å²) in [7, 11) is -1.66. The quantitative estimate of drug-likeness (QED) is 0.272. The van der Waals surface area contributed by atoms with Crippen LogP contribution in [0.4, 0.5) is 0 Å². The van der Waals surface area contributed by atoms with Crippen LogP contribution in [0.5, 0.6) is 0 Å². The molecule has 4 rings (SSSR count). The zero-order valence-corrected chi connectivity index (χ0v) is 18.5. The highest BCUT2D eigenvalue weighted by molar-refractivity contribution is 7.89. The van der Waals surface area contributed by atoms with Gasteiger partial charge < -0.3 is 15.2 Å². The third-order valence-corrected chi connectivity index (χ3v) is 6.90. The second-order valence-corrected chi connectivity index (χ2v) is 9.53. The smallest absolute Gasteiger partial charge is 0.240 e. The Balaban J connectivity index is 1.22. The van der Waals surface area contributed by atoms with Crippen molar-refractivity contribution in [2.24, 2.45) is 4.99 Å². The van der Waals surface area contributed by atoms with E-state index in [1.54, 1.807) is 19.2 Å². The van der Waals surface area contributed by atoms with Crippen molar-refractivity contribution in [2.75, 3.05) is 13.6 Å². The Kier molecular flexibility index (Phi) is 6.58. The van der Waals surface area contributed by atoms with Gasteiger partial charge >= 0.3 is 0 Å². The molecule has 0 radical (unpaired) electrons. The number of nitrogens with one attached hydrogen (secondary N) is 3. The van der Waals surface area contributed by atoms with Crippen LogP contribution in [0.2, 0.25) is 0 Å². The fourth-order valence-corrected chi connectivity index (χ4v) is 4.78. The van der Waals surface area contributed by atoms with Crippen molar-refractivity contribution in [2.45, 2.75) is 43.3 Å². The predicted molar refractivity (Wildman–Crippen MR) is 125 cm³/mol. The lowest BCUT2D eigenvalue weighted by Gasteiger charge is -2.13. The fraction of sp³-hybridized carbons (Fsp3) is 0.348. The van der Waals surface area contributed by atoms with Crippen LogP contribution >= 0.6 is 0 Å². The van der Waals surface area contributed by atoms with E-state index >= 15 is 0 Å². The topological polar surface area (TPSA) is 87.5 Å². The van der Waals surface area contributed by atoms with Crippen LogP contribution in [0.15, 0.2) is 70.7 Å². The van der Waals surface area contributed by atoms with Crippen LogP contribution in [-0.2, 0) is 23.1 Å². The molecule has 0 bridgehead atoms. The highest BCUT2D eigenvalue weighted by atomic mass is 32.2. The minimum Gasteiger partial charge on any atom is -0.356 e. The number of hydrogen-bond donors (Lipinski definition) is 3. The molecule has 1 aliphatic carbocycles. The molecule has 1 heterocycles. The second kappa shape index (κ2) is 9.53. The van der Waals surface area contributed by atoms with E-state index in [-0.39, 0.29) is 6.04 Å². The number of aryl methyl sites for hydroxylation is 1. The molecule has 7 nitrogen and oxygen atoms in total. The minimum absolute atomic E-state index is 0.108. The highest BCUT2D eigenvalue weighted by Crippen LogP contribution is 2.22. The van der Waals surface area contributed by atoms with E-state index in [1.807, 2.05) is 12.1 Å². The normalized spacial score (nSPS) is 14.7. The number of benzene rings is 2. The second-order valence-electron chi connectivity index (χ2n) is 7.81. The molecule has 1 saturated carbocycles. The molecule has 164 valence electrons. The lowest BCUT2D eigenvalue weighted by atomic mass is 10.2. The number of fused-ring (bicyclic) bond motifs is 1. The maximum absolute atomic E-state index is 12.3. The SMILES string of the molecule is CN=C(NCCCn1ccc2ccccc21)NCc1ccc(S(=O)(=O)NC2CC2)cc1. The average Bonchev–Trinajstić information content (AvgIpc) is 3.49. The van der Waals surface area contributed by atoms with Crippen molar-refractivity contribution in [3.8, 4) is 0 Å². The van der Waals surface area contributed by atoms with E-state index < -0.39 is 10.0 Å². The van der Waals surface area contributed by atoms with E-state index in [4.69, 9.17) is 0 Å². The third-order valence-electron chi connectivity index (χ3n) is 5.36. The largest absolute Gasteiger partial charge is 0.356 e. The Hall–Kier alpha value is -2.84. The molecule has 31 heavy (non-hydrogen) atoms. The molecular weight excluding hydrogens is 410 g/mol. The van der Waals surface area contributed by atoms with Crippen molar-refractivity contribution in [1.29, 1.82) is 0 Å². The van der Waals surface area contributed by atoms with Gasteiger partial charge in [-0.05, 0) is 54.5 Å². The Morgan fingerprint density at radius 2 is 1.84 bits per heavy atom. The Morgan fingerprint density at radius 3 is 2.58 bits per heavy atom. The number of guanidine groups is 1. The van der Waals surface area contributed by atoms with Gasteiger partial charge in [0.1, 0.15) is 0 Å². The molecule has 0 spiro atoms. The zero-order valence-electron chi connectivity index (χ0n) is 17.7. The summed E-state index contributed by atoms with van der Waals surface area (Å²) < 4.78 is 29.5. The first-order valence-electron chi connectivity index (χ1n) is 10.6. The van der Waals surface area contributed by atoms with E-state index in [0.29, 0.717) is 11.4 Å². The number of aliphatic imine (C=N–C) groups is 1. The van der Waals surface area contributed by atoms with Crippen LogP contribution in [0.1, 0.15) is 24.8 Å². The van der Waals surface area contributed by atoms with Crippen molar-refractivity contribution >= 4 is 26.9 Å². The lowest BCUT2D eigenvalue weighted by Crippen LogP contribution is -2.37. The van der Waals surface area contributed by atoms with Gasteiger partial charge in [-0.15, -0.1) is 0 Å². The molecule has 3 N–H and O–H groups in total. The van der Waals surface area contributed by atoms with E-state index in [1.165, 1.54) is 10.9 Å². The molecule has 0 aliphatic heterocycles. The summed E-state index contributed by atoms with van der Waals surface area (Å²) in [5.74, 6) is 0.726. The van der Waals surface area contributed by atoms with Crippen molar-refractivity contribution in [3.05, 3.63) is 66.4 Å². The van der Waals surface area contributed by atoms with Crippen molar-refractivity contribution < 1.29 is 8.42 Å². The van der Waals surface area contributed by atoms with Gasteiger partial charge in [-0.3, -0.25) is 4.99 Å². The Bertz CT molecular complexity index is 1150. The van der Waals surface area contributed by atoms with Gasteiger partial charge in [0.05, 0.1) is 4.90 Å². The number of sulfonamides is 1. The summed E-state index contributed by atoms with van der Waals surface area (Å²) in [5, 5.41) is 7.87. The number of para-hydroxylation sites is 1. The first kappa shape index (κ1) is 21.4. The van der Waals surface area contributed by atoms with E-state index in [2.05, 4.69) is 61.4 Å². The Morgan fingerprint density at radius 1 is 1.06 bits per heavy atom. The molecule has 1 aromatic heterocycles. The first-order valence-corrected chi connectivity index (χ1v) is 12.1. The molecule has 0 atom stereocenters. The maximum Gasteiger partial charge on any atom is 0.240 e. The third kappa shape index (κ3) is 5.65. The van der Waals surface area contributed by atoms with E-state index in [9.17, 15) is 8.42 Å². The standard InChI is InChI=1S/C23H29N5O2S/c1-24-23(25-14-4-15-28-16-13-19-5-2-3-6-22(19)28)26-17-18-7-11-21(12-8-18)31(29,30)27-20-9-10-20/h2-3,5-8,11-13,16,20,27H,4,9-10,14-15,17H2,1H3,(H2,24,25,26). The van der Waals surface area contributed by atoms with Crippen molar-refractivity contribution in [3.63, 3.8) is 0 Å². The monoisotopic (exact) mass is 439 g/mol. The molecule has 0 unspecified atom stereocenters. The van der Waals surface area contributed by atoms with Crippen LogP contribution in [0.3, 0.4) is 0 Å². The molecular formula is C23H29N5O2S. The van der Waals surface area contributed by atoms with Crippen molar-refractivity contribution in [1.82, 2.24) is 19.9 Å². The molecule has 0 amide bonds. The molecule has 0 saturated heterocycles. The number of rotatable bonds is 9. The molecule has 3 aromatic rings. The molecule has 8 heteroatoms. The van der Waals surface area contributed by atoms with Crippen LogP contribution in [0.25, 0.3) is 10.9 Å². The lowest BCUT2D eigenvalue weighted by molar-refractivity contribution is 0.581. The molecule has 1 fully saturated rings. The van der Waals surface area contributed by atoms with Gasteiger partial charge in [-0.25, -0.2) is 13.1 Å². The number of aromatic nitrogens is 1. The Labute approximate surface area is 183 Å². The number of hydrogen-bond acceptors (Lipinski definition) is 3. The van der Waals surface area contributed by atoms with Gasteiger partial charge in [-0.2, -0.15) is 0 Å². The summed E-state index contributed by atoms with van der Waals surface area (Å²) in [6.07, 6.45) is 4.95. The van der Waals surface area contributed by atoms with E-state index in [0.717, 1.165) is 43.9 Å². The summed E-state index contributed by atoms with van der Waals surface area (Å²) in [5.41, 5.74) is 2.25. The predicted octanol–water partition coefficient (Wildman–Crippen LogP) is 2.84. The number of nitrogens with zero attached hydrogens (tertiary/aromatic N) is 2. The van der Waals surface area contributed by atoms with Gasteiger partial charge in [0.2, 0.25) is 10.0 Å². The van der Waals surface area contributed by atoms with Crippen LogP contribution in [0, 0.1) is 0 Å². The van der Waals surface area contributed by atoms with Crippen LogP contribution in [-0.4, -0.2) is 38.6 Å². The summed E-state index contributed by atoms with van der Waals surface area (Å²) >= 11 is 0. The zero-order chi connectivity index (χ0) is 21.7. The highest BCUT2D eigenvalue weighted by Gasteiger charge is 2.27. The summed E-state index contributed by atoms with van der Waals surface area (Å²) in [4.78, 5) is 4.57. The molecule has 2 aromatic carbocycles. The average molecular weight is 440 g/mol. The van der Waals surface area contributed by atoms with Crippen LogP contribution < -0.4 is 15.4 Å². The molecule has 1 aliphatic rings. The first-order chi connectivity index (χ1) is 15.0. The van der Waals surface area contributed by atoms with Gasteiger partial charge in [-0.1, -0.05) is 30.3 Å². The van der Waals surface area contributed by atoms with Gasteiger partial charge in [0.15, 0.2) is 5.96 Å².